The molecule has 0 saturated carbocycles. The van der Waals surface area contributed by atoms with Gasteiger partial charge in [-0.2, -0.15) is 0 Å². The topological polar surface area (TPSA) is 31.6 Å². The Hall–Kier alpha value is -1.44. The highest BCUT2D eigenvalue weighted by Crippen LogP contribution is 2.20. The molecule has 2 heterocycles. The number of H-pyrrole nitrogens is 2. The fourth-order valence-electron chi connectivity index (χ4n) is 1.78. The molecule has 2 rings (SSSR count). The highest BCUT2D eigenvalue weighted by Gasteiger charge is 2.07. The van der Waals surface area contributed by atoms with Crippen molar-refractivity contribution in [3.05, 3.63) is 47.5 Å². The maximum absolute atomic E-state index is 3.23. The lowest BCUT2D eigenvalue weighted by atomic mass is 9.99. The van der Waals surface area contributed by atoms with Crippen LogP contribution in [-0.2, 0) is 6.42 Å². The summed E-state index contributed by atoms with van der Waals surface area (Å²) in [4.78, 5) is 6.41. The predicted molar refractivity (Wildman–Crippen MR) is 58.5 cm³/mol. The van der Waals surface area contributed by atoms with Crippen LogP contribution in [0, 0.1) is 0 Å². The van der Waals surface area contributed by atoms with Gasteiger partial charge in [0.05, 0.1) is 0 Å². The lowest BCUT2D eigenvalue weighted by molar-refractivity contribution is 0.851. The van der Waals surface area contributed by atoms with Gasteiger partial charge in [-0.3, -0.25) is 0 Å². The van der Waals surface area contributed by atoms with Gasteiger partial charge in [-0.1, -0.05) is 13.8 Å². The lowest BCUT2D eigenvalue weighted by Crippen LogP contribution is -1.93. The third-order valence-corrected chi connectivity index (χ3v) is 2.53. The van der Waals surface area contributed by atoms with Gasteiger partial charge >= 0.3 is 0 Å². The SMILES string of the molecule is CC(C)c1c[nH]cc1Cc1ccc[nH]1. The van der Waals surface area contributed by atoms with Crippen LogP contribution in [-0.4, -0.2) is 9.97 Å². The number of nitrogens with one attached hydrogen (secondary N) is 2. The van der Waals surface area contributed by atoms with Crippen molar-refractivity contribution >= 4 is 0 Å². The zero-order chi connectivity index (χ0) is 9.97. The van der Waals surface area contributed by atoms with Crippen molar-refractivity contribution in [1.82, 2.24) is 9.97 Å². The Balaban J connectivity index is 2.21. The second-order valence-electron chi connectivity index (χ2n) is 3.96. The van der Waals surface area contributed by atoms with Crippen LogP contribution in [0.4, 0.5) is 0 Å². The molecular formula is C12H16N2. The maximum atomic E-state index is 3.23. The molecule has 14 heavy (non-hydrogen) atoms. The van der Waals surface area contributed by atoms with Gasteiger partial charge in [-0.15, -0.1) is 0 Å². The van der Waals surface area contributed by atoms with Crippen LogP contribution >= 0.6 is 0 Å². The van der Waals surface area contributed by atoms with Crippen molar-refractivity contribution in [3.8, 4) is 0 Å². The first-order valence-electron chi connectivity index (χ1n) is 5.05. The van der Waals surface area contributed by atoms with Gasteiger partial charge < -0.3 is 9.97 Å². The first kappa shape index (κ1) is 9.13. The highest BCUT2D eigenvalue weighted by molar-refractivity contribution is 5.30. The Kier molecular flexibility index (Phi) is 2.44. The van der Waals surface area contributed by atoms with Crippen LogP contribution in [0.25, 0.3) is 0 Å². The number of rotatable bonds is 3. The van der Waals surface area contributed by atoms with E-state index in [1.807, 2.05) is 12.3 Å². The van der Waals surface area contributed by atoms with Crippen molar-refractivity contribution in [2.24, 2.45) is 0 Å². The summed E-state index contributed by atoms with van der Waals surface area (Å²) in [7, 11) is 0. The van der Waals surface area contributed by atoms with Gasteiger partial charge in [-0.05, 0) is 29.2 Å². The first-order chi connectivity index (χ1) is 6.77. The van der Waals surface area contributed by atoms with E-state index in [1.54, 1.807) is 0 Å². The van der Waals surface area contributed by atoms with E-state index in [9.17, 15) is 0 Å². The quantitative estimate of drug-likeness (QED) is 0.742. The second kappa shape index (κ2) is 3.74. The van der Waals surface area contributed by atoms with E-state index in [4.69, 9.17) is 0 Å². The molecule has 74 valence electrons. The maximum Gasteiger partial charge on any atom is 0.0192 e. The molecule has 0 bridgehead atoms. The summed E-state index contributed by atoms with van der Waals surface area (Å²) in [6, 6.07) is 4.16. The van der Waals surface area contributed by atoms with Gasteiger partial charge in [0.15, 0.2) is 0 Å². The first-order valence-corrected chi connectivity index (χ1v) is 5.05. The third-order valence-electron chi connectivity index (χ3n) is 2.53. The van der Waals surface area contributed by atoms with Crippen LogP contribution in [0.3, 0.4) is 0 Å². The Morgan fingerprint density at radius 1 is 1.29 bits per heavy atom. The van der Waals surface area contributed by atoms with Crippen LogP contribution in [0.1, 0.15) is 36.6 Å². The highest BCUT2D eigenvalue weighted by atomic mass is 14.7. The summed E-state index contributed by atoms with van der Waals surface area (Å²) in [5.74, 6) is 0.589. The van der Waals surface area contributed by atoms with Gasteiger partial charge in [0, 0.05) is 30.7 Å². The molecule has 0 amide bonds. The van der Waals surface area contributed by atoms with Gasteiger partial charge in [0.1, 0.15) is 0 Å². The van der Waals surface area contributed by atoms with Crippen LogP contribution in [0.2, 0.25) is 0 Å². The minimum Gasteiger partial charge on any atom is -0.367 e. The molecule has 2 aromatic rings. The zero-order valence-corrected chi connectivity index (χ0v) is 8.67. The number of hydrogen-bond donors (Lipinski definition) is 2. The molecule has 0 aliphatic heterocycles. The molecule has 0 unspecified atom stereocenters. The Morgan fingerprint density at radius 3 is 2.79 bits per heavy atom. The molecule has 2 aromatic heterocycles. The molecular weight excluding hydrogens is 172 g/mol. The number of hydrogen-bond acceptors (Lipinski definition) is 0. The molecule has 0 aliphatic rings. The molecule has 2 heteroatoms. The molecule has 0 aliphatic carbocycles. The summed E-state index contributed by atoms with van der Waals surface area (Å²) in [6.07, 6.45) is 7.15. The Bertz CT molecular complexity index is 382. The minimum absolute atomic E-state index is 0.589. The van der Waals surface area contributed by atoms with Crippen molar-refractivity contribution < 1.29 is 0 Å². The summed E-state index contributed by atoms with van der Waals surface area (Å²) >= 11 is 0. The summed E-state index contributed by atoms with van der Waals surface area (Å²) < 4.78 is 0. The molecule has 2 nitrogen and oxygen atoms in total. The van der Waals surface area contributed by atoms with Gasteiger partial charge in [0.2, 0.25) is 0 Å². The molecule has 0 atom stereocenters. The monoisotopic (exact) mass is 188 g/mol. The minimum atomic E-state index is 0.589. The zero-order valence-electron chi connectivity index (χ0n) is 8.67. The van der Waals surface area contributed by atoms with Crippen molar-refractivity contribution in [2.75, 3.05) is 0 Å². The predicted octanol–water partition coefficient (Wildman–Crippen LogP) is 3.06. The molecule has 0 fully saturated rings. The molecule has 2 N–H and O–H groups in total. The second-order valence-corrected chi connectivity index (χ2v) is 3.96. The van der Waals surface area contributed by atoms with E-state index in [1.165, 1.54) is 16.8 Å². The molecule has 0 radical (unpaired) electrons. The molecule has 0 saturated heterocycles. The van der Waals surface area contributed by atoms with E-state index in [0.717, 1.165) is 6.42 Å². The summed E-state index contributed by atoms with van der Waals surface area (Å²) in [6.45, 7) is 4.45. The number of aromatic amines is 2. The van der Waals surface area contributed by atoms with E-state index in [0.29, 0.717) is 5.92 Å². The Labute approximate surface area is 84.4 Å². The van der Waals surface area contributed by atoms with Crippen LogP contribution in [0.15, 0.2) is 30.7 Å². The average molecular weight is 188 g/mol. The Morgan fingerprint density at radius 2 is 2.14 bits per heavy atom. The normalized spacial score (nSPS) is 11.1. The van der Waals surface area contributed by atoms with Crippen molar-refractivity contribution in [3.63, 3.8) is 0 Å². The molecule has 0 spiro atoms. The fourth-order valence-corrected chi connectivity index (χ4v) is 1.78. The van der Waals surface area contributed by atoms with Gasteiger partial charge in [-0.25, -0.2) is 0 Å². The summed E-state index contributed by atoms with van der Waals surface area (Å²) in [5.41, 5.74) is 4.08. The van der Waals surface area contributed by atoms with Crippen molar-refractivity contribution in [1.29, 1.82) is 0 Å². The smallest absolute Gasteiger partial charge is 0.0192 e. The summed E-state index contributed by atoms with van der Waals surface area (Å²) in [5, 5.41) is 0. The standard InChI is InChI=1S/C12H16N2/c1-9(2)12-8-13-7-10(12)6-11-4-3-5-14-11/h3-5,7-9,13-14H,6H2,1-2H3. The third kappa shape index (κ3) is 1.74. The van der Waals surface area contributed by atoms with Crippen LogP contribution in [0.5, 0.6) is 0 Å². The van der Waals surface area contributed by atoms with E-state index < -0.39 is 0 Å². The lowest BCUT2D eigenvalue weighted by Gasteiger charge is -2.05. The number of aromatic nitrogens is 2. The average Bonchev–Trinajstić information content (AvgIpc) is 2.75. The fraction of sp³-hybridized carbons (Fsp3) is 0.333. The largest absolute Gasteiger partial charge is 0.367 e. The van der Waals surface area contributed by atoms with Crippen LogP contribution < -0.4 is 0 Å². The molecule has 0 aromatic carbocycles. The van der Waals surface area contributed by atoms with E-state index >= 15 is 0 Å². The van der Waals surface area contributed by atoms with E-state index in [2.05, 4.69) is 42.3 Å². The van der Waals surface area contributed by atoms with Gasteiger partial charge in [0.25, 0.3) is 0 Å². The van der Waals surface area contributed by atoms with E-state index in [-0.39, 0.29) is 0 Å². The van der Waals surface area contributed by atoms with Crippen molar-refractivity contribution in [2.45, 2.75) is 26.2 Å².